The fourth-order valence-corrected chi connectivity index (χ4v) is 4.49. The van der Waals surface area contributed by atoms with E-state index < -0.39 is 5.63 Å². The number of aromatic hydroxyl groups is 1. The first kappa shape index (κ1) is 19.1. The number of thioether (sulfide) groups is 1. The Kier molecular flexibility index (Phi) is 5.82. The van der Waals surface area contributed by atoms with Crippen molar-refractivity contribution in [3.05, 3.63) is 124 Å². The Balaban J connectivity index is 1.73. The normalized spacial score (nSPS) is 11.9. The second-order valence-electron chi connectivity index (χ2n) is 6.65. The third-order valence-corrected chi connectivity index (χ3v) is 5.99. The van der Waals surface area contributed by atoms with Crippen molar-refractivity contribution in [3.8, 4) is 17.1 Å². The molecule has 1 aromatic heterocycles. The summed E-state index contributed by atoms with van der Waals surface area (Å²) in [6, 6.07) is 30.6. The van der Waals surface area contributed by atoms with Gasteiger partial charge in [0.05, 0.1) is 10.8 Å². The lowest BCUT2D eigenvalue weighted by Gasteiger charge is -2.18. The molecule has 144 valence electrons. The van der Waals surface area contributed by atoms with E-state index in [9.17, 15) is 9.90 Å². The largest absolute Gasteiger partial charge is 0.507 e. The maximum Gasteiger partial charge on any atom is 0.344 e. The van der Waals surface area contributed by atoms with E-state index in [0.717, 1.165) is 16.7 Å². The van der Waals surface area contributed by atoms with Crippen molar-refractivity contribution in [3.63, 3.8) is 0 Å². The molecule has 1 atom stereocenters. The van der Waals surface area contributed by atoms with E-state index in [1.54, 1.807) is 11.8 Å². The van der Waals surface area contributed by atoms with Crippen molar-refractivity contribution in [2.24, 2.45) is 0 Å². The smallest absolute Gasteiger partial charge is 0.344 e. The van der Waals surface area contributed by atoms with Crippen molar-refractivity contribution in [2.75, 3.05) is 0 Å². The van der Waals surface area contributed by atoms with Gasteiger partial charge in [0.2, 0.25) is 0 Å². The molecule has 4 heteroatoms. The van der Waals surface area contributed by atoms with Crippen molar-refractivity contribution in [1.29, 1.82) is 0 Å². The summed E-state index contributed by atoms with van der Waals surface area (Å²) < 4.78 is 5.60. The average molecular weight is 400 g/mol. The van der Waals surface area contributed by atoms with E-state index in [4.69, 9.17) is 4.42 Å². The fraction of sp³-hybridized carbons (Fsp3) is 0.0800. The summed E-state index contributed by atoms with van der Waals surface area (Å²) in [6.45, 7) is 0. The Hall–Kier alpha value is -3.24. The minimum Gasteiger partial charge on any atom is -0.507 e. The second-order valence-corrected chi connectivity index (χ2v) is 7.74. The molecule has 1 unspecified atom stereocenters. The summed E-state index contributed by atoms with van der Waals surface area (Å²) in [4.78, 5) is 12.9. The van der Waals surface area contributed by atoms with Crippen LogP contribution in [0.5, 0.6) is 5.75 Å². The quantitative estimate of drug-likeness (QED) is 0.429. The first-order valence-corrected chi connectivity index (χ1v) is 10.4. The molecule has 0 saturated heterocycles. The van der Waals surface area contributed by atoms with Crippen LogP contribution in [0.3, 0.4) is 0 Å². The van der Waals surface area contributed by atoms with Crippen LogP contribution in [0.2, 0.25) is 0 Å². The molecule has 1 heterocycles. The molecule has 4 aromatic rings. The van der Waals surface area contributed by atoms with E-state index in [1.807, 2.05) is 78.9 Å². The molecular weight excluding hydrogens is 380 g/mol. The zero-order valence-electron chi connectivity index (χ0n) is 15.7. The highest BCUT2D eigenvalue weighted by Crippen LogP contribution is 2.40. The molecule has 0 aliphatic rings. The lowest BCUT2D eigenvalue weighted by atomic mass is 10.0. The van der Waals surface area contributed by atoms with Crippen LogP contribution in [0.4, 0.5) is 0 Å². The van der Waals surface area contributed by atoms with Gasteiger partial charge in [-0.05, 0) is 11.1 Å². The molecule has 4 rings (SSSR count). The minimum atomic E-state index is -0.515. The highest BCUT2D eigenvalue weighted by Gasteiger charge is 2.24. The molecule has 0 amide bonds. The Morgan fingerprint density at radius 3 is 2.03 bits per heavy atom. The standard InChI is InChI=1S/C25H20O3S/c26-21-16-22(19-12-6-2-7-13-19)28-25(27)23(21)24(20-14-8-3-9-15-20)29-17-18-10-4-1-5-11-18/h1-16,24,26H,17H2. The molecule has 0 aliphatic carbocycles. The summed E-state index contributed by atoms with van der Waals surface area (Å²) in [5.41, 5.74) is 2.61. The number of rotatable bonds is 6. The van der Waals surface area contributed by atoms with Crippen LogP contribution in [0.15, 0.2) is 106 Å². The summed E-state index contributed by atoms with van der Waals surface area (Å²) in [5.74, 6) is 1.02. The molecular formula is C25H20O3S. The number of benzene rings is 3. The van der Waals surface area contributed by atoms with E-state index >= 15 is 0 Å². The van der Waals surface area contributed by atoms with Gasteiger partial charge in [-0.3, -0.25) is 0 Å². The summed E-state index contributed by atoms with van der Waals surface area (Å²) in [7, 11) is 0. The maximum absolute atomic E-state index is 12.9. The van der Waals surface area contributed by atoms with Gasteiger partial charge in [0.15, 0.2) is 0 Å². The molecule has 0 aliphatic heterocycles. The minimum absolute atomic E-state index is 0.0467. The van der Waals surface area contributed by atoms with Crippen molar-refractivity contribution in [1.82, 2.24) is 0 Å². The topological polar surface area (TPSA) is 50.4 Å². The van der Waals surface area contributed by atoms with E-state index in [1.165, 1.54) is 6.07 Å². The maximum atomic E-state index is 12.9. The van der Waals surface area contributed by atoms with E-state index in [2.05, 4.69) is 12.1 Å². The Bertz CT molecular complexity index is 1120. The highest BCUT2D eigenvalue weighted by atomic mass is 32.2. The lowest BCUT2D eigenvalue weighted by Crippen LogP contribution is -2.12. The van der Waals surface area contributed by atoms with E-state index in [0.29, 0.717) is 11.5 Å². The Morgan fingerprint density at radius 1 is 0.828 bits per heavy atom. The van der Waals surface area contributed by atoms with Crippen LogP contribution in [0, 0.1) is 0 Å². The summed E-state index contributed by atoms with van der Waals surface area (Å²) >= 11 is 1.59. The van der Waals surface area contributed by atoms with Crippen LogP contribution in [-0.2, 0) is 5.75 Å². The molecule has 29 heavy (non-hydrogen) atoms. The first-order chi connectivity index (χ1) is 14.2. The molecule has 0 saturated carbocycles. The molecule has 0 fully saturated rings. The van der Waals surface area contributed by atoms with Crippen LogP contribution >= 0.6 is 11.8 Å². The number of hydrogen-bond donors (Lipinski definition) is 1. The highest BCUT2D eigenvalue weighted by molar-refractivity contribution is 7.98. The van der Waals surface area contributed by atoms with Gasteiger partial charge in [0.1, 0.15) is 11.5 Å². The molecule has 0 spiro atoms. The zero-order valence-corrected chi connectivity index (χ0v) is 16.5. The van der Waals surface area contributed by atoms with Crippen LogP contribution in [0.25, 0.3) is 11.3 Å². The average Bonchev–Trinajstić information content (AvgIpc) is 2.77. The van der Waals surface area contributed by atoms with Crippen molar-refractivity contribution in [2.45, 2.75) is 11.0 Å². The van der Waals surface area contributed by atoms with Gasteiger partial charge < -0.3 is 9.52 Å². The van der Waals surface area contributed by atoms with Gasteiger partial charge in [-0.15, -0.1) is 11.8 Å². The predicted molar refractivity (Wildman–Crippen MR) is 118 cm³/mol. The van der Waals surface area contributed by atoms with Gasteiger partial charge in [0, 0.05) is 17.4 Å². The molecule has 0 bridgehead atoms. The zero-order chi connectivity index (χ0) is 20.1. The summed E-state index contributed by atoms with van der Waals surface area (Å²) in [5, 5.41) is 10.5. The van der Waals surface area contributed by atoms with E-state index in [-0.39, 0.29) is 16.6 Å². The van der Waals surface area contributed by atoms with Gasteiger partial charge in [0.25, 0.3) is 0 Å². The third-order valence-electron chi connectivity index (χ3n) is 4.65. The summed E-state index contributed by atoms with van der Waals surface area (Å²) in [6.07, 6.45) is 0. The molecule has 0 radical (unpaired) electrons. The van der Waals surface area contributed by atoms with Crippen LogP contribution < -0.4 is 5.63 Å². The van der Waals surface area contributed by atoms with Gasteiger partial charge in [-0.1, -0.05) is 91.0 Å². The fourth-order valence-electron chi connectivity index (χ4n) is 3.20. The first-order valence-electron chi connectivity index (χ1n) is 9.35. The third kappa shape index (κ3) is 4.44. The Labute approximate surface area is 173 Å². The van der Waals surface area contributed by atoms with Crippen LogP contribution in [0.1, 0.15) is 21.9 Å². The molecule has 3 aromatic carbocycles. The number of hydrogen-bond acceptors (Lipinski definition) is 4. The predicted octanol–water partition coefficient (Wildman–Crippen LogP) is 6.04. The lowest BCUT2D eigenvalue weighted by molar-refractivity contribution is 0.442. The second kappa shape index (κ2) is 8.84. The molecule has 1 N–H and O–H groups in total. The van der Waals surface area contributed by atoms with Gasteiger partial charge in [-0.25, -0.2) is 4.79 Å². The van der Waals surface area contributed by atoms with Crippen molar-refractivity contribution < 1.29 is 9.52 Å². The SMILES string of the molecule is O=c1oc(-c2ccccc2)cc(O)c1C(SCc1ccccc1)c1ccccc1. The molecule has 3 nitrogen and oxygen atoms in total. The van der Waals surface area contributed by atoms with Crippen molar-refractivity contribution >= 4 is 11.8 Å². The van der Waals surface area contributed by atoms with Gasteiger partial charge >= 0.3 is 5.63 Å². The monoisotopic (exact) mass is 400 g/mol. The van der Waals surface area contributed by atoms with Gasteiger partial charge in [-0.2, -0.15) is 0 Å². The van der Waals surface area contributed by atoms with Crippen LogP contribution in [-0.4, -0.2) is 5.11 Å². The Morgan fingerprint density at radius 2 is 1.41 bits per heavy atom.